The fraction of sp³-hybridized carbons (Fsp3) is 0.519. The first kappa shape index (κ1) is 29.7. The highest BCUT2D eigenvalue weighted by molar-refractivity contribution is 7.92. The van der Waals surface area contributed by atoms with E-state index in [0.717, 1.165) is 12.8 Å². The summed E-state index contributed by atoms with van der Waals surface area (Å²) in [5.41, 5.74) is 0.451. The number of carbonyl (C=O) groups excluding carboxylic acids is 1. The Morgan fingerprint density at radius 1 is 1.10 bits per heavy atom. The molecular weight excluding hydrogens is 550 g/mol. The number of amides is 1. The highest BCUT2D eigenvalue weighted by atomic mass is 32.2. The van der Waals surface area contributed by atoms with Crippen LogP contribution < -0.4 is 13.8 Å². The van der Waals surface area contributed by atoms with Gasteiger partial charge in [0.25, 0.3) is 0 Å². The maximum atomic E-state index is 14.1. The number of anilines is 1. The zero-order valence-electron chi connectivity index (χ0n) is 24.1. The average Bonchev–Trinajstić information content (AvgIpc) is 3.57. The first-order valence-corrected chi connectivity index (χ1v) is 18.8. The van der Waals surface area contributed by atoms with E-state index < -0.39 is 18.1 Å². The molecule has 3 heterocycles. The molecule has 3 aromatic rings. The molecule has 0 aliphatic carbocycles. The zero-order chi connectivity index (χ0) is 29.1. The van der Waals surface area contributed by atoms with E-state index in [9.17, 15) is 13.2 Å². The number of sulfonamides is 1. The van der Waals surface area contributed by atoms with Crippen molar-refractivity contribution in [2.75, 3.05) is 37.4 Å². The number of methoxy groups -OCH3 is 2. The number of rotatable bonds is 12. The fourth-order valence-electron chi connectivity index (χ4n) is 4.82. The first-order valence-electron chi connectivity index (χ1n) is 13.5. The third kappa shape index (κ3) is 6.35. The Hall–Kier alpha value is -3.32. The zero-order valence-corrected chi connectivity index (χ0v) is 25.9. The van der Waals surface area contributed by atoms with Gasteiger partial charge in [-0.1, -0.05) is 25.7 Å². The van der Waals surface area contributed by atoms with E-state index in [0.29, 0.717) is 41.2 Å². The van der Waals surface area contributed by atoms with Gasteiger partial charge in [0.2, 0.25) is 27.7 Å². The molecular formula is C27H39N5O6SSi. The molecule has 1 aromatic carbocycles. The van der Waals surface area contributed by atoms with Crippen LogP contribution in [0.3, 0.4) is 0 Å². The SMILES string of the molecule is COc1cccc(OC)c1-n1c(-c2ccco2)nnc1N(CC[Si](C)(C)C)S(=O)(=O)CCN1C(=O)CCC[C@H]1C. The second-order valence-corrected chi connectivity index (χ2v) is 18.8. The smallest absolute Gasteiger partial charge is 0.246 e. The molecule has 1 aliphatic rings. The van der Waals surface area contributed by atoms with Crippen molar-refractivity contribution in [1.82, 2.24) is 19.7 Å². The highest BCUT2D eigenvalue weighted by Crippen LogP contribution is 2.39. The molecule has 0 spiro atoms. The number of hydrogen-bond donors (Lipinski definition) is 0. The van der Waals surface area contributed by atoms with Crippen molar-refractivity contribution >= 4 is 30.0 Å². The maximum Gasteiger partial charge on any atom is 0.246 e. The molecule has 1 atom stereocenters. The van der Waals surface area contributed by atoms with Gasteiger partial charge >= 0.3 is 0 Å². The predicted octanol–water partition coefficient (Wildman–Crippen LogP) is 4.42. The summed E-state index contributed by atoms with van der Waals surface area (Å²) >= 11 is 0. The van der Waals surface area contributed by atoms with Crippen LogP contribution in [0.4, 0.5) is 5.95 Å². The Morgan fingerprint density at radius 3 is 2.38 bits per heavy atom. The van der Waals surface area contributed by atoms with Crippen molar-refractivity contribution in [3.8, 4) is 28.8 Å². The normalized spacial score (nSPS) is 16.3. The number of benzene rings is 1. The van der Waals surface area contributed by atoms with E-state index in [1.165, 1.54) is 24.8 Å². The van der Waals surface area contributed by atoms with Gasteiger partial charge in [0.1, 0.15) is 17.2 Å². The minimum absolute atomic E-state index is 0.000989. The Morgan fingerprint density at radius 2 is 1.80 bits per heavy atom. The van der Waals surface area contributed by atoms with Crippen molar-refractivity contribution in [2.45, 2.75) is 57.9 Å². The molecule has 11 nitrogen and oxygen atoms in total. The number of hydrogen-bond acceptors (Lipinski definition) is 8. The van der Waals surface area contributed by atoms with Crippen molar-refractivity contribution in [3.63, 3.8) is 0 Å². The molecule has 1 amide bonds. The van der Waals surface area contributed by atoms with Crippen LogP contribution in [0, 0.1) is 0 Å². The molecule has 2 aromatic heterocycles. The standard InChI is InChI=1S/C27H39N5O6SSi/c1-20-10-7-14-24(33)30(20)15-18-39(34,35)31(16-19-40(4,5)6)27-29-28-26(23-13-9-17-38-23)32(27)25-21(36-2)11-8-12-22(25)37-3/h8-9,11-13,17,20H,7,10,14-16,18-19H2,1-6H3/t20-/m1/s1. The third-order valence-electron chi connectivity index (χ3n) is 7.09. The van der Waals surface area contributed by atoms with Crippen LogP contribution in [0.25, 0.3) is 17.3 Å². The van der Waals surface area contributed by atoms with E-state index in [2.05, 4.69) is 29.8 Å². The van der Waals surface area contributed by atoms with Gasteiger partial charge < -0.3 is 18.8 Å². The molecule has 0 unspecified atom stereocenters. The second kappa shape index (κ2) is 12.0. The second-order valence-electron chi connectivity index (χ2n) is 11.2. The van der Waals surface area contributed by atoms with E-state index in [4.69, 9.17) is 13.9 Å². The van der Waals surface area contributed by atoms with Crippen LogP contribution in [0.15, 0.2) is 41.0 Å². The molecule has 1 fully saturated rings. The number of furan rings is 1. The van der Waals surface area contributed by atoms with Crippen LogP contribution in [-0.4, -0.2) is 81.2 Å². The predicted molar refractivity (Wildman–Crippen MR) is 156 cm³/mol. The van der Waals surface area contributed by atoms with Crippen molar-refractivity contribution < 1.29 is 27.1 Å². The summed E-state index contributed by atoms with van der Waals surface area (Å²) in [5, 5.41) is 8.80. The molecule has 218 valence electrons. The lowest BCUT2D eigenvalue weighted by molar-refractivity contribution is -0.135. The van der Waals surface area contributed by atoms with Gasteiger partial charge in [0.15, 0.2) is 5.76 Å². The Labute approximate surface area is 237 Å². The number of piperidine rings is 1. The van der Waals surface area contributed by atoms with Crippen LogP contribution in [-0.2, 0) is 14.8 Å². The number of para-hydroxylation sites is 1. The fourth-order valence-corrected chi connectivity index (χ4v) is 7.26. The Kier molecular flexibility index (Phi) is 8.93. The summed E-state index contributed by atoms with van der Waals surface area (Å²) in [6, 6.07) is 9.46. The van der Waals surface area contributed by atoms with Crippen molar-refractivity contribution in [1.29, 1.82) is 0 Å². The minimum Gasteiger partial charge on any atom is -0.494 e. The summed E-state index contributed by atoms with van der Waals surface area (Å²) in [5.74, 6) is 1.46. The van der Waals surface area contributed by atoms with Crippen molar-refractivity contribution in [3.05, 3.63) is 36.6 Å². The Bertz CT molecular complexity index is 1400. The lowest BCUT2D eigenvalue weighted by Crippen LogP contribution is -2.47. The highest BCUT2D eigenvalue weighted by Gasteiger charge is 2.35. The number of likely N-dealkylation sites (tertiary alicyclic amines) is 1. The monoisotopic (exact) mass is 589 g/mol. The number of nitrogens with zero attached hydrogens (tertiary/aromatic N) is 5. The van der Waals surface area contributed by atoms with Gasteiger partial charge in [-0.2, -0.15) is 0 Å². The number of aromatic nitrogens is 3. The first-order chi connectivity index (χ1) is 19.0. The van der Waals surface area contributed by atoms with Crippen LogP contribution >= 0.6 is 0 Å². The molecule has 0 radical (unpaired) electrons. The topological polar surface area (TPSA) is 120 Å². The molecule has 1 aliphatic heterocycles. The van der Waals surface area contributed by atoms with Crippen LogP contribution in [0.5, 0.6) is 11.5 Å². The van der Waals surface area contributed by atoms with Crippen LogP contribution in [0.1, 0.15) is 26.2 Å². The lowest BCUT2D eigenvalue weighted by Gasteiger charge is -2.34. The summed E-state index contributed by atoms with van der Waals surface area (Å²) in [6.45, 7) is 8.86. The molecule has 13 heteroatoms. The van der Waals surface area contributed by atoms with Crippen molar-refractivity contribution in [2.24, 2.45) is 0 Å². The van der Waals surface area contributed by atoms with Gasteiger partial charge in [0.05, 0.1) is 26.2 Å². The Balaban J connectivity index is 1.86. The molecule has 0 N–H and O–H groups in total. The third-order valence-corrected chi connectivity index (χ3v) is 10.5. The minimum atomic E-state index is -3.94. The van der Waals surface area contributed by atoms with Gasteiger partial charge in [-0.05, 0) is 50.1 Å². The van der Waals surface area contributed by atoms with E-state index in [1.54, 1.807) is 39.8 Å². The summed E-state index contributed by atoms with van der Waals surface area (Å²) in [7, 11) is -2.56. The maximum absolute atomic E-state index is 14.1. The van der Waals surface area contributed by atoms with Gasteiger partial charge in [-0.3, -0.25) is 9.36 Å². The molecule has 0 saturated carbocycles. The van der Waals surface area contributed by atoms with E-state index in [1.807, 2.05) is 6.92 Å². The van der Waals surface area contributed by atoms with E-state index in [-0.39, 0.29) is 36.7 Å². The quantitative estimate of drug-likeness (QED) is 0.285. The summed E-state index contributed by atoms with van der Waals surface area (Å²) < 4.78 is 48.2. The number of ether oxygens (including phenoxy) is 2. The van der Waals surface area contributed by atoms with Crippen LogP contribution in [0.2, 0.25) is 25.7 Å². The largest absolute Gasteiger partial charge is 0.494 e. The molecule has 0 bridgehead atoms. The van der Waals surface area contributed by atoms with Gasteiger partial charge in [0, 0.05) is 33.6 Å². The average molecular weight is 590 g/mol. The number of carbonyl (C=O) groups is 1. The lowest BCUT2D eigenvalue weighted by atomic mass is 10.0. The molecule has 40 heavy (non-hydrogen) atoms. The summed E-state index contributed by atoms with van der Waals surface area (Å²) in [6.07, 6.45) is 3.65. The van der Waals surface area contributed by atoms with E-state index >= 15 is 0 Å². The van der Waals surface area contributed by atoms with Gasteiger partial charge in [-0.25, -0.2) is 12.7 Å². The summed E-state index contributed by atoms with van der Waals surface area (Å²) in [4.78, 5) is 14.3. The molecule has 1 saturated heterocycles. The molecule has 4 rings (SSSR count). The van der Waals surface area contributed by atoms with Gasteiger partial charge in [-0.15, -0.1) is 10.2 Å².